The smallest absolute Gasteiger partial charge is 0.311 e. The second kappa shape index (κ2) is 6.20. The number of nitrogens with two attached hydrogens (primary N) is 1. The van der Waals surface area contributed by atoms with Crippen LogP contribution >= 0.6 is 0 Å². The number of rotatable bonds is 5. The van der Waals surface area contributed by atoms with E-state index < -0.39 is 4.92 Å². The minimum absolute atomic E-state index is 0.163. The number of oxime groups is 1. The molecule has 1 aromatic rings. The van der Waals surface area contributed by atoms with Gasteiger partial charge in [0.05, 0.1) is 18.1 Å². The predicted molar refractivity (Wildman–Crippen MR) is 70.0 cm³/mol. The average Bonchev–Trinajstić information content (AvgIpc) is 2.97. The van der Waals surface area contributed by atoms with Crippen molar-refractivity contribution in [2.45, 2.75) is 6.42 Å². The van der Waals surface area contributed by atoms with Crippen molar-refractivity contribution in [1.29, 1.82) is 0 Å². The molecule has 1 aliphatic heterocycles. The van der Waals surface area contributed by atoms with Gasteiger partial charge in [-0.05, 0) is 18.6 Å². The Hall–Kier alpha value is -2.35. The first-order valence-electron chi connectivity index (χ1n) is 6.08. The molecule has 0 bridgehead atoms. The third-order valence-electron chi connectivity index (χ3n) is 3.06. The lowest BCUT2D eigenvalue weighted by atomic mass is 10.1. The lowest BCUT2D eigenvalue weighted by molar-refractivity contribution is -0.385. The fourth-order valence-corrected chi connectivity index (χ4v) is 1.92. The van der Waals surface area contributed by atoms with Crippen molar-refractivity contribution in [2.75, 3.05) is 19.8 Å². The van der Waals surface area contributed by atoms with Crippen LogP contribution in [0.4, 0.5) is 5.69 Å². The first-order valence-corrected chi connectivity index (χ1v) is 6.08. The fraction of sp³-hybridized carbons (Fsp3) is 0.417. The highest BCUT2D eigenvalue weighted by Crippen LogP contribution is 2.29. The number of ether oxygens (including phenoxy) is 2. The van der Waals surface area contributed by atoms with E-state index in [1.165, 1.54) is 18.2 Å². The Bertz CT molecular complexity index is 526. The maximum Gasteiger partial charge on any atom is 0.311 e. The molecular weight excluding hydrogens is 266 g/mol. The molecule has 0 aliphatic carbocycles. The van der Waals surface area contributed by atoms with Gasteiger partial charge in [-0.1, -0.05) is 5.16 Å². The highest BCUT2D eigenvalue weighted by Gasteiger charge is 2.21. The molecule has 0 radical (unpaired) electrons. The number of nitrogens with zero attached hydrogens (tertiary/aromatic N) is 2. The van der Waals surface area contributed by atoms with Gasteiger partial charge in [-0.2, -0.15) is 0 Å². The monoisotopic (exact) mass is 281 g/mol. The van der Waals surface area contributed by atoms with Crippen molar-refractivity contribution >= 4 is 11.5 Å². The van der Waals surface area contributed by atoms with Gasteiger partial charge < -0.3 is 20.4 Å². The molecular formula is C12H15N3O5. The van der Waals surface area contributed by atoms with Gasteiger partial charge in [0.2, 0.25) is 0 Å². The average molecular weight is 281 g/mol. The molecule has 1 aliphatic rings. The van der Waals surface area contributed by atoms with Gasteiger partial charge in [-0.3, -0.25) is 10.1 Å². The fourth-order valence-electron chi connectivity index (χ4n) is 1.92. The largest absolute Gasteiger partial charge is 0.486 e. The molecule has 0 spiro atoms. The van der Waals surface area contributed by atoms with Crippen molar-refractivity contribution in [3.05, 3.63) is 33.9 Å². The molecule has 1 heterocycles. The van der Waals surface area contributed by atoms with Crippen molar-refractivity contribution < 1.29 is 19.6 Å². The molecule has 20 heavy (non-hydrogen) atoms. The maximum absolute atomic E-state index is 11.0. The van der Waals surface area contributed by atoms with Crippen molar-refractivity contribution in [3.63, 3.8) is 0 Å². The summed E-state index contributed by atoms with van der Waals surface area (Å²) in [5.74, 6) is 0.221. The van der Waals surface area contributed by atoms with Crippen LogP contribution in [0.25, 0.3) is 0 Å². The molecule has 8 nitrogen and oxygen atoms in total. The van der Waals surface area contributed by atoms with Crippen LogP contribution < -0.4 is 10.5 Å². The van der Waals surface area contributed by atoms with Crippen LogP contribution in [0, 0.1) is 16.0 Å². The quantitative estimate of drug-likeness (QED) is 0.274. The molecule has 3 N–H and O–H groups in total. The molecule has 1 saturated heterocycles. The molecule has 0 amide bonds. The number of nitro benzene ring substituents is 1. The van der Waals surface area contributed by atoms with E-state index in [0.29, 0.717) is 19.8 Å². The summed E-state index contributed by atoms with van der Waals surface area (Å²) in [6.07, 6.45) is 0.885. The predicted octanol–water partition coefficient (Wildman–Crippen LogP) is 1.10. The Kier molecular flexibility index (Phi) is 4.36. The molecule has 1 unspecified atom stereocenters. The second-order valence-corrected chi connectivity index (χ2v) is 4.47. The van der Waals surface area contributed by atoms with Crippen LogP contribution in [0.5, 0.6) is 5.75 Å². The molecule has 1 fully saturated rings. The maximum atomic E-state index is 11.0. The summed E-state index contributed by atoms with van der Waals surface area (Å²) in [5, 5.41) is 22.4. The summed E-state index contributed by atoms with van der Waals surface area (Å²) in [6, 6.07) is 4.17. The zero-order valence-corrected chi connectivity index (χ0v) is 10.7. The van der Waals surface area contributed by atoms with E-state index in [1.807, 2.05) is 0 Å². The van der Waals surface area contributed by atoms with E-state index >= 15 is 0 Å². The molecule has 1 aromatic carbocycles. The van der Waals surface area contributed by atoms with Crippen LogP contribution in [-0.2, 0) is 4.74 Å². The van der Waals surface area contributed by atoms with Gasteiger partial charge in [-0.15, -0.1) is 0 Å². The molecule has 2 rings (SSSR count). The number of benzene rings is 1. The molecule has 8 heteroatoms. The zero-order valence-electron chi connectivity index (χ0n) is 10.7. The summed E-state index contributed by atoms with van der Waals surface area (Å²) in [5.41, 5.74) is 5.45. The standard InChI is InChI=1S/C12H15N3O5/c13-12(14-16)9-1-2-11(10(5-9)15(17)18)20-7-8-3-4-19-6-8/h1-2,5,8,16H,3-4,6-7H2,(H2,13,14). The van der Waals surface area contributed by atoms with Crippen LogP contribution in [0.3, 0.4) is 0 Å². The zero-order chi connectivity index (χ0) is 14.5. The summed E-state index contributed by atoms with van der Waals surface area (Å²) in [4.78, 5) is 10.5. The van der Waals surface area contributed by atoms with Crippen LogP contribution in [-0.4, -0.2) is 35.8 Å². The Morgan fingerprint density at radius 2 is 2.45 bits per heavy atom. The van der Waals surface area contributed by atoms with Crippen molar-refractivity contribution in [1.82, 2.24) is 0 Å². The SMILES string of the molecule is NC(=NO)c1ccc(OCC2CCOC2)c([N+](=O)[O-])c1. The second-order valence-electron chi connectivity index (χ2n) is 4.47. The van der Waals surface area contributed by atoms with E-state index in [2.05, 4.69) is 5.16 Å². The van der Waals surface area contributed by atoms with E-state index in [9.17, 15) is 10.1 Å². The number of nitro groups is 1. The van der Waals surface area contributed by atoms with E-state index in [0.717, 1.165) is 6.42 Å². The first-order chi connectivity index (χ1) is 9.61. The van der Waals surface area contributed by atoms with Gasteiger partial charge in [0.1, 0.15) is 0 Å². The van der Waals surface area contributed by atoms with Crippen molar-refractivity contribution in [3.8, 4) is 5.75 Å². The van der Waals surface area contributed by atoms with Gasteiger partial charge in [0.25, 0.3) is 0 Å². The van der Waals surface area contributed by atoms with Crippen LogP contribution in [0.15, 0.2) is 23.4 Å². The van der Waals surface area contributed by atoms with Crippen LogP contribution in [0.2, 0.25) is 0 Å². The number of hydrogen-bond donors (Lipinski definition) is 2. The van der Waals surface area contributed by atoms with Gasteiger partial charge in [0.15, 0.2) is 11.6 Å². The Morgan fingerprint density at radius 3 is 3.05 bits per heavy atom. The third kappa shape index (κ3) is 3.15. The molecule has 0 saturated carbocycles. The first kappa shape index (κ1) is 14.1. The Balaban J connectivity index is 2.16. The summed E-state index contributed by atoms with van der Waals surface area (Å²) in [6.45, 7) is 1.66. The van der Waals surface area contributed by atoms with E-state index in [4.69, 9.17) is 20.4 Å². The lowest BCUT2D eigenvalue weighted by Crippen LogP contribution is -2.15. The number of hydrogen-bond acceptors (Lipinski definition) is 6. The highest BCUT2D eigenvalue weighted by atomic mass is 16.6. The Morgan fingerprint density at radius 1 is 1.65 bits per heavy atom. The normalized spacial score (nSPS) is 19.0. The van der Waals surface area contributed by atoms with Gasteiger partial charge in [-0.25, -0.2) is 0 Å². The Labute approximate surface area is 114 Å². The highest BCUT2D eigenvalue weighted by molar-refractivity contribution is 5.97. The minimum Gasteiger partial charge on any atom is -0.486 e. The number of amidine groups is 1. The third-order valence-corrected chi connectivity index (χ3v) is 3.06. The van der Waals surface area contributed by atoms with E-state index in [1.54, 1.807) is 0 Å². The summed E-state index contributed by atoms with van der Waals surface area (Å²) >= 11 is 0. The van der Waals surface area contributed by atoms with E-state index in [-0.39, 0.29) is 28.8 Å². The van der Waals surface area contributed by atoms with Gasteiger partial charge in [0, 0.05) is 24.2 Å². The van der Waals surface area contributed by atoms with Crippen molar-refractivity contribution in [2.24, 2.45) is 16.8 Å². The molecule has 108 valence electrons. The lowest BCUT2D eigenvalue weighted by Gasteiger charge is -2.11. The summed E-state index contributed by atoms with van der Waals surface area (Å²) < 4.78 is 10.7. The topological polar surface area (TPSA) is 120 Å². The minimum atomic E-state index is -0.561. The van der Waals surface area contributed by atoms with Gasteiger partial charge >= 0.3 is 5.69 Å². The molecule has 1 atom stereocenters. The van der Waals surface area contributed by atoms with Crippen LogP contribution in [0.1, 0.15) is 12.0 Å². The molecule has 0 aromatic heterocycles. The summed E-state index contributed by atoms with van der Waals surface area (Å²) in [7, 11) is 0.